The summed E-state index contributed by atoms with van der Waals surface area (Å²) < 4.78 is 19.3. The first-order valence-corrected chi connectivity index (χ1v) is 28.2. The smallest absolute Gasteiger partial charge is 0.246 e. The minimum atomic E-state index is -0.873. The highest BCUT2D eigenvalue weighted by Gasteiger charge is 2.57. The van der Waals surface area contributed by atoms with E-state index in [1.807, 2.05) is 71.0 Å². The van der Waals surface area contributed by atoms with Gasteiger partial charge in [-0.1, -0.05) is 76.2 Å². The van der Waals surface area contributed by atoms with Gasteiger partial charge in [0.15, 0.2) is 0 Å². The van der Waals surface area contributed by atoms with Crippen LogP contribution in [0.25, 0.3) is 0 Å². The number of likely N-dealkylation sites (N-methyl/N-ethyl adjacent to an activating group) is 2. The van der Waals surface area contributed by atoms with Crippen molar-refractivity contribution in [3.8, 4) is 0 Å². The quantitative estimate of drug-likeness (QED) is 0.118. The van der Waals surface area contributed by atoms with Crippen LogP contribution in [0.4, 0.5) is 0 Å². The normalized spacial score (nSPS) is 30.6. The lowest BCUT2D eigenvalue weighted by Crippen LogP contribution is -2.60. The predicted molar refractivity (Wildman–Crippen MR) is 282 cm³/mol. The summed E-state index contributed by atoms with van der Waals surface area (Å²) in [6, 6.07) is 11.6. The Morgan fingerprint density at radius 1 is 0.726 bits per heavy atom. The van der Waals surface area contributed by atoms with Crippen LogP contribution in [0.5, 0.6) is 0 Å². The zero-order valence-corrected chi connectivity index (χ0v) is 45.9. The fourth-order valence-electron chi connectivity index (χ4n) is 11.8. The Morgan fingerprint density at radius 3 is 1.88 bits per heavy atom. The Labute approximate surface area is 439 Å². The minimum Gasteiger partial charge on any atom is -0.377 e. The molecule has 0 saturated carbocycles. The van der Waals surface area contributed by atoms with Crippen molar-refractivity contribution in [1.82, 2.24) is 41.7 Å². The van der Waals surface area contributed by atoms with Gasteiger partial charge in [-0.2, -0.15) is 0 Å². The molecule has 2 unspecified atom stereocenters. The van der Waals surface area contributed by atoms with E-state index in [0.29, 0.717) is 50.0 Å². The number of nitrogens with one attached hydrogen (secondary N) is 6. The van der Waals surface area contributed by atoms with Gasteiger partial charge in [-0.3, -0.25) is 28.8 Å². The van der Waals surface area contributed by atoms with Crippen molar-refractivity contribution in [2.45, 2.75) is 164 Å². The van der Waals surface area contributed by atoms with E-state index in [9.17, 15) is 28.8 Å². The molecule has 8 rings (SSSR count). The number of carbonyl (C=O) groups is 6. The summed E-state index contributed by atoms with van der Waals surface area (Å²) in [5.41, 5.74) is 1.36. The van der Waals surface area contributed by atoms with Gasteiger partial charge < -0.3 is 55.9 Å². The van der Waals surface area contributed by atoms with Gasteiger partial charge in [-0.15, -0.1) is 23.5 Å². The summed E-state index contributed by atoms with van der Waals surface area (Å²) in [6.45, 7) is 16.5. The van der Waals surface area contributed by atoms with Crippen molar-refractivity contribution < 1.29 is 43.0 Å². The summed E-state index contributed by atoms with van der Waals surface area (Å²) in [6.07, 6.45) is 3.05. The van der Waals surface area contributed by atoms with Crippen LogP contribution >= 0.6 is 23.5 Å². The maximum atomic E-state index is 14.8. The van der Waals surface area contributed by atoms with Crippen molar-refractivity contribution in [1.29, 1.82) is 0 Å². The van der Waals surface area contributed by atoms with E-state index in [0.717, 1.165) is 22.3 Å². The van der Waals surface area contributed by atoms with Crippen LogP contribution in [0.1, 0.15) is 115 Å². The summed E-state index contributed by atoms with van der Waals surface area (Å²) >= 11 is 3.33. The zero-order valence-electron chi connectivity index (χ0n) is 44.3. The molecule has 6 amide bonds. The molecule has 4 aliphatic heterocycles. The van der Waals surface area contributed by atoms with Gasteiger partial charge in [0.25, 0.3) is 0 Å². The Hall–Kier alpha value is -4.24. The number of ether oxygens (including phenoxy) is 3. The first kappa shape index (κ1) is 55.0. The third-order valence-electron chi connectivity index (χ3n) is 16.2. The number of hydrogen-bond acceptors (Lipinski definition) is 13. The molecule has 2 aromatic carbocycles. The molecule has 17 nitrogen and oxygen atoms in total. The largest absolute Gasteiger partial charge is 0.377 e. The van der Waals surface area contributed by atoms with E-state index in [4.69, 9.17) is 14.2 Å². The molecule has 0 radical (unpaired) electrons. The van der Waals surface area contributed by atoms with Crippen LogP contribution < -0.4 is 31.9 Å². The molecular weight excluding hydrogens is 969 g/mol. The maximum Gasteiger partial charge on any atom is 0.246 e. The van der Waals surface area contributed by atoms with E-state index in [1.165, 1.54) is 0 Å². The van der Waals surface area contributed by atoms with Gasteiger partial charge >= 0.3 is 0 Å². The molecule has 2 aliphatic carbocycles. The third-order valence-corrected chi connectivity index (χ3v) is 18.7. The maximum absolute atomic E-state index is 14.8. The zero-order chi connectivity index (χ0) is 52.6. The standard InChI is InChI=1S/C54H78N8O9S2/c1-31(55-9)45(63)57-36-19-25-72-39-29-51(2,3)43(61(39)48(36)66)46(64)59-41-34-17-13-11-15-32(34)27-38(41)70-23-21-69-22-24-71-54(8)28-33-16-12-14-18-35(33)42(54)60-47(65)44-52(4,5)30-40-62(44)49(67)37(20-26-73-40)58-50(68)53(6,7)56-10/h11-18,31,36-44,55-56H,19-30H2,1-10H3,(H,57,63)(H,58,68)(H,59,64)(H,60,65)/t31-,36-,37-,38+,39-,40-,41-,42-,43?,44+,54?/m0/s1. The van der Waals surface area contributed by atoms with Crippen molar-refractivity contribution in [3.05, 3.63) is 70.8 Å². The molecule has 2 aromatic rings. The Bertz CT molecular complexity index is 2410. The highest BCUT2D eigenvalue weighted by Crippen LogP contribution is 2.49. The average molecular weight is 1050 g/mol. The number of carbonyl (C=O) groups excluding carboxylic acids is 6. The van der Waals surface area contributed by atoms with Crippen LogP contribution in [-0.2, 0) is 55.8 Å². The molecule has 400 valence electrons. The number of benzene rings is 2. The average Bonchev–Trinajstić information content (AvgIpc) is 3.96. The van der Waals surface area contributed by atoms with Crippen molar-refractivity contribution in [2.24, 2.45) is 10.8 Å². The highest BCUT2D eigenvalue weighted by atomic mass is 32.2. The summed E-state index contributed by atoms with van der Waals surface area (Å²) in [5, 5.41) is 18.2. The fraction of sp³-hybridized carbons (Fsp3) is 0.667. The van der Waals surface area contributed by atoms with Crippen LogP contribution in [0.15, 0.2) is 48.5 Å². The Morgan fingerprint density at radius 2 is 1.27 bits per heavy atom. The monoisotopic (exact) mass is 1050 g/mol. The number of rotatable bonds is 18. The first-order valence-electron chi connectivity index (χ1n) is 26.1. The topological polar surface area (TPSA) is 209 Å². The van der Waals surface area contributed by atoms with E-state index < -0.39 is 64.3 Å². The van der Waals surface area contributed by atoms with Crippen LogP contribution in [0, 0.1) is 10.8 Å². The fourth-order valence-corrected chi connectivity index (χ4v) is 14.9. The summed E-state index contributed by atoms with van der Waals surface area (Å²) in [5.74, 6) is -0.124. The molecule has 73 heavy (non-hydrogen) atoms. The third kappa shape index (κ3) is 11.3. The Balaban J connectivity index is 0.874. The van der Waals surface area contributed by atoms with Crippen molar-refractivity contribution in [2.75, 3.05) is 52.0 Å². The molecule has 19 heteroatoms. The van der Waals surface area contributed by atoms with Gasteiger partial charge in [0.2, 0.25) is 35.4 Å². The first-order chi connectivity index (χ1) is 34.6. The van der Waals surface area contributed by atoms with Gasteiger partial charge in [0.05, 0.1) is 72.5 Å². The Kier molecular flexibility index (Phi) is 16.7. The van der Waals surface area contributed by atoms with Gasteiger partial charge in [-0.25, -0.2) is 0 Å². The number of nitrogens with zero attached hydrogens (tertiary/aromatic N) is 2. The van der Waals surface area contributed by atoms with Gasteiger partial charge in [0.1, 0.15) is 24.2 Å². The number of fused-ring (bicyclic) bond motifs is 4. The molecule has 0 aromatic heterocycles. The summed E-state index contributed by atoms with van der Waals surface area (Å²) in [7, 11) is 3.41. The number of hydrogen-bond donors (Lipinski definition) is 6. The van der Waals surface area contributed by atoms with Crippen molar-refractivity contribution >= 4 is 59.0 Å². The van der Waals surface area contributed by atoms with Crippen LogP contribution in [0.3, 0.4) is 0 Å². The lowest BCUT2D eigenvalue weighted by atomic mass is 9.83. The minimum absolute atomic E-state index is 0.183. The molecule has 0 spiro atoms. The van der Waals surface area contributed by atoms with E-state index in [2.05, 4.69) is 44.0 Å². The number of thioether (sulfide) groups is 2. The lowest BCUT2D eigenvalue weighted by molar-refractivity contribution is -0.145. The predicted octanol–water partition coefficient (Wildman–Crippen LogP) is 3.75. The second-order valence-corrected chi connectivity index (χ2v) is 25.3. The van der Waals surface area contributed by atoms with Crippen molar-refractivity contribution in [3.63, 3.8) is 0 Å². The highest BCUT2D eigenvalue weighted by molar-refractivity contribution is 8.00. The molecule has 6 N–H and O–H groups in total. The van der Waals surface area contributed by atoms with E-state index >= 15 is 0 Å². The van der Waals surface area contributed by atoms with Gasteiger partial charge in [0, 0.05) is 12.8 Å². The molecule has 6 aliphatic rings. The van der Waals surface area contributed by atoms with E-state index in [1.54, 1.807) is 68.2 Å². The molecule has 4 saturated heterocycles. The SMILES string of the molecule is CN[C@@H](C)C(=O)N[C@H]1CCS[C@H]2CC(C)(C)C(C(=O)N[C@H]3c4ccccc4C[C@H]3OCCOCCOC3(C)Cc4ccccc4[C@@H]3NC(=O)[C@H]3N4C(=O)[C@@H](NC(=O)C(C)(C)NC)CCS[C@H]4CC3(C)C)N2C1=O. The molecular formula is C54H78N8O9S2. The molecule has 4 heterocycles. The van der Waals surface area contributed by atoms with E-state index in [-0.39, 0.29) is 78.7 Å². The second-order valence-electron chi connectivity index (χ2n) is 22.8. The van der Waals surface area contributed by atoms with Gasteiger partial charge in [-0.05, 0) is 112 Å². The molecule has 0 bridgehead atoms. The summed E-state index contributed by atoms with van der Waals surface area (Å²) in [4.78, 5) is 87.5. The molecule has 11 atom stereocenters. The lowest BCUT2D eigenvalue weighted by Gasteiger charge is -2.38. The second kappa shape index (κ2) is 22.2. The number of amides is 6. The van der Waals surface area contributed by atoms with Crippen LogP contribution in [-0.4, -0.2) is 155 Å². The molecule has 4 fully saturated rings. The van der Waals surface area contributed by atoms with Crippen LogP contribution in [0.2, 0.25) is 0 Å².